The number of fused-ring (bicyclic) bond motifs is 1. The summed E-state index contributed by atoms with van der Waals surface area (Å²) in [6.45, 7) is 4.66. The predicted octanol–water partition coefficient (Wildman–Crippen LogP) is 4.17. The summed E-state index contributed by atoms with van der Waals surface area (Å²) in [6.07, 6.45) is 12.3. The number of nitrogens with one attached hydrogen (secondary N) is 1. The number of amides is 2. The van der Waals surface area contributed by atoms with Crippen molar-refractivity contribution in [3.63, 3.8) is 0 Å². The number of thiazole rings is 1. The van der Waals surface area contributed by atoms with Crippen molar-refractivity contribution in [3.8, 4) is 17.0 Å². The van der Waals surface area contributed by atoms with Crippen LogP contribution in [0.25, 0.3) is 21.3 Å². The number of aromatic nitrogens is 4. The first-order valence-electron chi connectivity index (χ1n) is 12.7. The van der Waals surface area contributed by atoms with Crippen molar-refractivity contribution in [2.45, 2.75) is 51.2 Å². The van der Waals surface area contributed by atoms with E-state index in [1.165, 1.54) is 17.8 Å². The first-order chi connectivity index (χ1) is 17.6. The van der Waals surface area contributed by atoms with Gasteiger partial charge in [0, 0.05) is 56.4 Å². The molecule has 36 heavy (non-hydrogen) atoms. The minimum absolute atomic E-state index is 0.105. The molecule has 192 valence electrons. The van der Waals surface area contributed by atoms with E-state index in [9.17, 15) is 4.79 Å². The molecule has 1 atom stereocenters. The highest BCUT2D eigenvalue weighted by atomic mass is 32.1. The summed E-state index contributed by atoms with van der Waals surface area (Å²) < 4.78 is 19.7. The fourth-order valence-electron chi connectivity index (χ4n) is 5.55. The standard InChI is InChI=1S/C25H32N6O4S/c1-33-22-20-21(19(13-26-22)17-12-27-31(14-17)15-18-4-2-3-9-35-18)36-23(28-20)29-24(32)30-8-5-25(16-30)6-10-34-11-7-25/h12-14,18H,2-11,15-16H2,1H3,(H,28,29,32)/t18-/m1/s1. The van der Waals surface area contributed by atoms with Crippen molar-refractivity contribution in [1.82, 2.24) is 24.6 Å². The maximum Gasteiger partial charge on any atom is 0.323 e. The van der Waals surface area contributed by atoms with Gasteiger partial charge in [0.15, 0.2) is 5.13 Å². The quantitative estimate of drug-likeness (QED) is 0.547. The number of urea groups is 1. The van der Waals surface area contributed by atoms with Crippen LogP contribution in [0, 0.1) is 5.41 Å². The Morgan fingerprint density at radius 3 is 2.94 bits per heavy atom. The third kappa shape index (κ3) is 4.67. The molecular formula is C25H32N6O4S. The van der Waals surface area contributed by atoms with Crippen molar-refractivity contribution >= 4 is 32.7 Å². The fraction of sp³-hybridized carbons (Fsp3) is 0.600. The molecule has 3 saturated heterocycles. The van der Waals surface area contributed by atoms with Gasteiger partial charge in [-0.3, -0.25) is 10.00 Å². The van der Waals surface area contributed by atoms with Crippen LogP contribution in [0.4, 0.5) is 9.93 Å². The first kappa shape index (κ1) is 23.6. The highest BCUT2D eigenvalue weighted by Gasteiger charge is 2.41. The van der Waals surface area contributed by atoms with E-state index < -0.39 is 0 Å². The van der Waals surface area contributed by atoms with Crippen LogP contribution < -0.4 is 10.1 Å². The van der Waals surface area contributed by atoms with Gasteiger partial charge < -0.3 is 19.1 Å². The second-order valence-corrected chi connectivity index (χ2v) is 11.0. The van der Waals surface area contributed by atoms with E-state index in [-0.39, 0.29) is 17.6 Å². The zero-order valence-corrected chi connectivity index (χ0v) is 21.4. The van der Waals surface area contributed by atoms with Gasteiger partial charge in [-0.25, -0.2) is 14.8 Å². The van der Waals surface area contributed by atoms with Gasteiger partial charge in [-0.2, -0.15) is 5.10 Å². The van der Waals surface area contributed by atoms with Crippen LogP contribution in [-0.4, -0.2) is 76.8 Å². The van der Waals surface area contributed by atoms with Gasteiger partial charge in [-0.1, -0.05) is 11.3 Å². The topological polar surface area (TPSA) is 104 Å². The summed E-state index contributed by atoms with van der Waals surface area (Å²) in [6, 6.07) is -0.105. The monoisotopic (exact) mass is 512 g/mol. The number of carbonyl (C=O) groups is 1. The van der Waals surface area contributed by atoms with Crippen LogP contribution >= 0.6 is 11.3 Å². The molecule has 2 amide bonds. The highest BCUT2D eigenvalue weighted by Crippen LogP contribution is 2.41. The van der Waals surface area contributed by atoms with Crippen molar-refractivity contribution in [1.29, 1.82) is 0 Å². The molecule has 0 aromatic carbocycles. The summed E-state index contributed by atoms with van der Waals surface area (Å²) in [5.41, 5.74) is 2.71. The molecule has 0 aliphatic carbocycles. The average Bonchev–Trinajstić information content (AvgIpc) is 3.64. The normalized spacial score (nSPS) is 21.8. The molecule has 11 heteroatoms. The average molecular weight is 513 g/mol. The van der Waals surface area contributed by atoms with Crippen molar-refractivity contribution in [3.05, 3.63) is 18.6 Å². The minimum Gasteiger partial charge on any atom is -0.479 e. The van der Waals surface area contributed by atoms with Crippen LogP contribution in [0.3, 0.4) is 0 Å². The number of hydrogen-bond acceptors (Lipinski definition) is 8. The van der Waals surface area contributed by atoms with E-state index >= 15 is 0 Å². The number of methoxy groups -OCH3 is 1. The Kier molecular flexibility index (Phi) is 6.53. The molecule has 1 N–H and O–H groups in total. The van der Waals surface area contributed by atoms with Crippen molar-refractivity contribution in [2.24, 2.45) is 5.41 Å². The predicted molar refractivity (Wildman–Crippen MR) is 136 cm³/mol. The Hall–Kier alpha value is -2.76. The lowest BCUT2D eigenvalue weighted by Crippen LogP contribution is -2.37. The van der Waals surface area contributed by atoms with Gasteiger partial charge in [0.05, 0.1) is 30.7 Å². The Balaban J connectivity index is 1.21. The van der Waals surface area contributed by atoms with Crippen LogP contribution in [-0.2, 0) is 16.0 Å². The Morgan fingerprint density at radius 1 is 1.25 bits per heavy atom. The zero-order chi connectivity index (χ0) is 24.5. The third-order valence-corrected chi connectivity index (χ3v) is 8.68. The van der Waals surface area contributed by atoms with Gasteiger partial charge in [0.2, 0.25) is 5.88 Å². The Bertz CT molecular complexity index is 1230. The lowest BCUT2D eigenvalue weighted by atomic mass is 9.80. The number of ether oxygens (including phenoxy) is 3. The molecule has 3 aromatic rings. The van der Waals surface area contributed by atoms with Gasteiger partial charge >= 0.3 is 6.03 Å². The summed E-state index contributed by atoms with van der Waals surface area (Å²) in [7, 11) is 1.58. The molecule has 3 aromatic heterocycles. The molecule has 3 aliphatic rings. The van der Waals surface area contributed by atoms with Gasteiger partial charge in [-0.15, -0.1) is 0 Å². The number of nitrogens with zero attached hydrogens (tertiary/aromatic N) is 5. The number of carbonyl (C=O) groups excluding carboxylic acids is 1. The van der Waals surface area contributed by atoms with E-state index in [0.717, 1.165) is 87.4 Å². The molecule has 0 unspecified atom stereocenters. The van der Waals surface area contributed by atoms with E-state index in [1.807, 2.05) is 22.0 Å². The fourth-order valence-corrected chi connectivity index (χ4v) is 6.53. The number of pyridine rings is 1. The smallest absolute Gasteiger partial charge is 0.323 e. The van der Waals surface area contributed by atoms with Gasteiger partial charge in [0.1, 0.15) is 5.52 Å². The zero-order valence-electron chi connectivity index (χ0n) is 20.6. The number of anilines is 1. The highest BCUT2D eigenvalue weighted by molar-refractivity contribution is 7.23. The molecule has 6 heterocycles. The number of hydrogen-bond donors (Lipinski definition) is 1. The second kappa shape index (κ2) is 9.95. The number of rotatable bonds is 5. The van der Waals surface area contributed by atoms with E-state index in [0.29, 0.717) is 16.5 Å². The molecule has 1 spiro atoms. The molecule has 3 fully saturated rings. The molecule has 0 radical (unpaired) electrons. The lowest BCUT2D eigenvalue weighted by molar-refractivity contribution is 0.00400. The van der Waals surface area contributed by atoms with Crippen LogP contribution in [0.1, 0.15) is 38.5 Å². The van der Waals surface area contributed by atoms with Crippen LogP contribution in [0.15, 0.2) is 18.6 Å². The summed E-state index contributed by atoms with van der Waals surface area (Å²) in [4.78, 5) is 24.2. The van der Waals surface area contributed by atoms with Crippen molar-refractivity contribution < 1.29 is 19.0 Å². The molecule has 0 bridgehead atoms. The van der Waals surface area contributed by atoms with E-state index in [1.54, 1.807) is 13.3 Å². The lowest BCUT2D eigenvalue weighted by Gasteiger charge is -2.33. The van der Waals surface area contributed by atoms with Crippen LogP contribution in [0.2, 0.25) is 0 Å². The Morgan fingerprint density at radius 2 is 2.14 bits per heavy atom. The number of likely N-dealkylation sites (tertiary alicyclic amines) is 1. The maximum absolute atomic E-state index is 13.1. The SMILES string of the molecule is COc1ncc(-c2cnn(C[C@H]3CCCCO3)c2)c2sc(NC(=O)N3CCC4(CCOCC4)C3)nc12. The maximum atomic E-state index is 13.1. The second-order valence-electron chi connectivity index (χ2n) is 10.0. The minimum atomic E-state index is -0.105. The Labute approximate surface area is 213 Å². The van der Waals surface area contributed by atoms with Gasteiger partial charge in [0.25, 0.3) is 0 Å². The summed E-state index contributed by atoms with van der Waals surface area (Å²) in [5, 5.41) is 8.13. The molecular weight excluding hydrogens is 480 g/mol. The summed E-state index contributed by atoms with van der Waals surface area (Å²) in [5.74, 6) is 0.441. The van der Waals surface area contributed by atoms with E-state index in [2.05, 4.69) is 15.4 Å². The molecule has 3 aliphatic heterocycles. The summed E-state index contributed by atoms with van der Waals surface area (Å²) >= 11 is 1.44. The van der Waals surface area contributed by atoms with E-state index in [4.69, 9.17) is 19.2 Å². The third-order valence-electron chi connectivity index (χ3n) is 7.68. The molecule has 0 saturated carbocycles. The van der Waals surface area contributed by atoms with Gasteiger partial charge in [-0.05, 0) is 43.9 Å². The van der Waals surface area contributed by atoms with Crippen LogP contribution in [0.5, 0.6) is 5.88 Å². The first-order valence-corrected chi connectivity index (χ1v) is 13.6. The molecule has 6 rings (SSSR count). The van der Waals surface area contributed by atoms with Crippen molar-refractivity contribution in [2.75, 3.05) is 45.3 Å². The molecule has 10 nitrogen and oxygen atoms in total. The largest absolute Gasteiger partial charge is 0.479 e.